The molecule has 0 bridgehead atoms. The van der Waals surface area contributed by atoms with E-state index in [1.807, 2.05) is 80.2 Å². The molecule has 54 heavy (non-hydrogen) atoms. The van der Waals surface area contributed by atoms with Gasteiger partial charge < -0.3 is 34.8 Å². The predicted molar refractivity (Wildman–Crippen MR) is 224 cm³/mol. The highest BCUT2D eigenvalue weighted by molar-refractivity contribution is 7.62. The number of anilines is 2. The Hall–Kier alpha value is -5.11. The van der Waals surface area contributed by atoms with Crippen LogP contribution in [0.2, 0.25) is 0 Å². The largest absolute Gasteiger partial charge is 0.477 e. The number of carboxylic acids is 1. The first-order chi connectivity index (χ1) is 25.1. The van der Waals surface area contributed by atoms with Crippen molar-refractivity contribution in [2.75, 3.05) is 43.5 Å². The number of H-pyrrole nitrogens is 2. The fourth-order valence-corrected chi connectivity index (χ4v) is 7.37. The zero-order chi connectivity index (χ0) is 39.0. The summed E-state index contributed by atoms with van der Waals surface area (Å²) < 4.78 is 11.8. The molecule has 6 rings (SSSR count). The Kier molecular flexibility index (Phi) is 15.1. The summed E-state index contributed by atoms with van der Waals surface area (Å²) in [5.41, 5.74) is 2.98. The molecule has 16 heteroatoms. The number of aromatic carboxylic acids is 1. The van der Waals surface area contributed by atoms with Crippen molar-refractivity contribution >= 4 is 73.5 Å². The third kappa shape index (κ3) is 11.4. The smallest absolute Gasteiger partial charge is 0.345 e. The third-order valence-corrected chi connectivity index (χ3v) is 10.9. The van der Waals surface area contributed by atoms with Gasteiger partial charge in [-0.25, -0.2) is 14.8 Å². The number of thiophene rings is 2. The lowest BCUT2D eigenvalue weighted by molar-refractivity contribution is 0.0701. The lowest BCUT2D eigenvalue weighted by Crippen LogP contribution is -2.23. The number of carboxylic acid groups (broad SMARTS) is 1. The second kappa shape index (κ2) is 18.8. The molecule has 0 spiro atoms. The van der Waals surface area contributed by atoms with E-state index >= 15 is 0 Å². The van der Waals surface area contributed by atoms with Crippen molar-refractivity contribution < 1.29 is 19.3 Å². The van der Waals surface area contributed by atoms with Crippen LogP contribution in [-0.4, -0.2) is 70.6 Å². The Labute approximate surface area is 322 Å². The summed E-state index contributed by atoms with van der Waals surface area (Å²) in [6, 6.07) is 18.3. The second-order valence-corrected chi connectivity index (χ2v) is 18.1. The average molecular weight is 794 g/mol. The van der Waals surface area contributed by atoms with Gasteiger partial charge in [0.1, 0.15) is 23.7 Å². The molecule has 0 aliphatic carbocycles. The van der Waals surface area contributed by atoms with E-state index in [1.165, 1.54) is 22.7 Å². The van der Waals surface area contributed by atoms with Crippen LogP contribution in [0.4, 0.5) is 10.0 Å². The molecular weight excluding hydrogens is 746 g/mol. The molecule has 0 saturated carbocycles. The molecule has 13 nitrogen and oxygen atoms in total. The van der Waals surface area contributed by atoms with Gasteiger partial charge in [-0.15, -0.1) is 22.7 Å². The monoisotopic (exact) mass is 793 g/mol. The van der Waals surface area contributed by atoms with Crippen LogP contribution >= 0.6 is 29.8 Å². The highest BCUT2D eigenvalue weighted by atomic mass is 32.1. The lowest BCUT2D eigenvalue weighted by Gasteiger charge is -2.17. The summed E-state index contributed by atoms with van der Waals surface area (Å²) in [6.45, 7) is 12.0. The topological polar surface area (TPSA) is 181 Å². The maximum absolute atomic E-state index is 12.2. The summed E-state index contributed by atoms with van der Waals surface area (Å²) in [5, 5.41) is 14.6. The molecule has 0 atom stereocenters. The Balaban J connectivity index is 0.000000277. The first-order valence-corrected chi connectivity index (χ1v) is 21.1. The van der Waals surface area contributed by atoms with Crippen LogP contribution in [0, 0.1) is 13.8 Å². The Morgan fingerprint density at radius 3 is 1.59 bits per heavy atom. The lowest BCUT2D eigenvalue weighted by atomic mass is 10.1. The minimum absolute atomic E-state index is 0. The van der Waals surface area contributed by atoms with E-state index in [4.69, 9.17) is 5.11 Å². The van der Waals surface area contributed by atoms with Gasteiger partial charge in [0.15, 0.2) is 0 Å². The van der Waals surface area contributed by atoms with E-state index in [0.717, 1.165) is 21.1 Å². The second-order valence-electron chi connectivity index (χ2n) is 12.5. The van der Waals surface area contributed by atoms with Gasteiger partial charge in [-0.2, -0.15) is 0 Å². The van der Waals surface area contributed by atoms with Gasteiger partial charge in [-0.3, -0.25) is 14.4 Å². The Bertz CT molecular complexity index is 2410. The summed E-state index contributed by atoms with van der Waals surface area (Å²) in [5.74, 6) is 0.0435. The van der Waals surface area contributed by atoms with Crippen LogP contribution in [0.15, 0.2) is 70.3 Å². The molecule has 0 aliphatic rings. The molecule has 0 radical (unpaired) electrons. The minimum atomic E-state index is -2.30. The minimum Gasteiger partial charge on any atom is -0.477 e. The van der Waals surface area contributed by atoms with E-state index in [0.29, 0.717) is 56.3 Å². The van der Waals surface area contributed by atoms with Gasteiger partial charge in [-0.05, 0) is 86.8 Å². The zero-order valence-electron chi connectivity index (χ0n) is 30.9. The number of aromatic nitrogens is 4. The number of nitrogens with zero attached hydrogens (tertiary/aromatic N) is 4. The van der Waals surface area contributed by atoms with Crippen molar-refractivity contribution in [3.8, 4) is 0 Å². The van der Waals surface area contributed by atoms with Crippen LogP contribution in [0.1, 0.15) is 63.4 Å². The van der Waals surface area contributed by atoms with Crippen LogP contribution in [0.5, 0.6) is 0 Å². The number of carbonyl (C=O) groups is 2. The first kappa shape index (κ1) is 43.3. The average Bonchev–Trinajstić information content (AvgIpc) is 3.80. The van der Waals surface area contributed by atoms with Gasteiger partial charge in [0.2, 0.25) is 0 Å². The summed E-state index contributed by atoms with van der Waals surface area (Å²) in [7, 11) is 1.52. The van der Waals surface area contributed by atoms with Gasteiger partial charge in [0, 0.05) is 27.2 Å². The van der Waals surface area contributed by atoms with E-state index in [1.54, 1.807) is 45.4 Å². The number of benzene rings is 2. The molecule has 4 aromatic heterocycles. The number of aryl methyl sites for hydroxylation is 2. The fraction of sp³-hybridized carbons (Fsp3) is 0.316. The standard InChI is InChI=1S/C19H23N4O3PS.C16H15N3O3S.C2H6.CH4/c1-12-21-15-6-5-13(9-14(15)18(24)22-12)10-23(2)17-8-7-16(28-17)19(25)20-11-27(3,4)26;1-9-17-12-4-3-10(7-11(12)15(20)18-9)8-19(2)14-6-5-13(23-14)16(21)22;1-2;/h5-9H,10-11H2,1-4H3,(H,20,25)(H,21,22,24);3-7H,8H2,1-2H3,(H,21,22)(H,17,18,20);1-2H3;1H4. The summed E-state index contributed by atoms with van der Waals surface area (Å²) >= 11 is 2.59. The molecule has 0 unspecified atom stereocenters. The molecule has 0 fully saturated rings. The van der Waals surface area contributed by atoms with Crippen molar-refractivity contribution in [1.82, 2.24) is 25.3 Å². The number of hydrogen-bond acceptors (Lipinski definition) is 11. The van der Waals surface area contributed by atoms with Gasteiger partial charge in [-0.1, -0.05) is 33.4 Å². The van der Waals surface area contributed by atoms with Crippen molar-refractivity contribution in [3.63, 3.8) is 0 Å². The van der Waals surface area contributed by atoms with E-state index in [9.17, 15) is 23.7 Å². The molecule has 288 valence electrons. The highest BCUT2D eigenvalue weighted by Crippen LogP contribution is 2.34. The summed E-state index contributed by atoms with van der Waals surface area (Å²) in [6.07, 6.45) is 0.189. The number of aromatic amines is 2. The van der Waals surface area contributed by atoms with E-state index in [-0.39, 0.29) is 30.7 Å². The number of amides is 1. The first-order valence-electron chi connectivity index (χ1n) is 16.7. The maximum Gasteiger partial charge on any atom is 0.345 e. The number of rotatable bonds is 10. The quantitative estimate of drug-likeness (QED) is 0.101. The molecule has 0 aliphatic heterocycles. The van der Waals surface area contributed by atoms with Crippen molar-refractivity contribution in [2.24, 2.45) is 0 Å². The van der Waals surface area contributed by atoms with Gasteiger partial charge in [0.05, 0.1) is 43.0 Å². The van der Waals surface area contributed by atoms with Crippen molar-refractivity contribution in [1.29, 1.82) is 0 Å². The van der Waals surface area contributed by atoms with Crippen molar-refractivity contribution in [2.45, 2.75) is 48.2 Å². The van der Waals surface area contributed by atoms with Crippen LogP contribution in [-0.2, 0) is 17.7 Å². The molecule has 2 aromatic carbocycles. The van der Waals surface area contributed by atoms with Crippen LogP contribution < -0.4 is 26.2 Å². The number of fused-ring (bicyclic) bond motifs is 2. The van der Waals surface area contributed by atoms with E-state index in [2.05, 4.69) is 25.3 Å². The van der Waals surface area contributed by atoms with E-state index < -0.39 is 13.1 Å². The number of carbonyl (C=O) groups excluding carboxylic acids is 1. The number of nitrogens with one attached hydrogen (secondary N) is 3. The molecule has 1 amide bonds. The predicted octanol–water partition coefficient (Wildman–Crippen LogP) is 7.53. The fourth-order valence-electron chi connectivity index (χ4n) is 5.16. The zero-order valence-corrected chi connectivity index (χ0v) is 33.5. The molecule has 0 saturated heterocycles. The Morgan fingerprint density at radius 2 is 1.19 bits per heavy atom. The van der Waals surface area contributed by atoms with Gasteiger partial charge >= 0.3 is 5.97 Å². The maximum atomic E-state index is 12.2. The highest BCUT2D eigenvalue weighted by Gasteiger charge is 2.15. The number of hydrogen-bond donors (Lipinski definition) is 4. The third-order valence-electron chi connectivity index (χ3n) is 7.61. The normalized spacial score (nSPS) is 10.7. The summed E-state index contributed by atoms with van der Waals surface area (Å²) in [4.78, 5) is 66.2. The van der Waals surface area contributed by atoms with Crippen LogP contribution in [0.25, 0.3) is 21.8 Å². The van der Waals surface area contributed by atoms with Gasteiger partial charge in [0.25, 0.3) is 17.0 Å². The molecule has 4 N–H and O–H groups in total. The molecular formula is C38H48N7O6PS2. The molecule has 6 aromatic rings. The molecule has 4 heterocycles. The Morgan fingerprint density at radius 1 is 0.759 bits per heavy atom. The van der Waals surface area contributed by atoms with Crippen LogP contribution in [0.3, 0.4) is 0 Å². The SMILES string of the molecule is C.CC.Cc1nc2ccc(CN(C)c3ccc(C(=O)NCP(C)(C)=O)s3)cc2c(=O)[nH]1.Cc1nc2ccc(CN(C)c3ccc(C(=O)O)s3)cc2c(=O)[nH]1. The van der Waals surface area contributed by atoms with Crippen molar-refractivity contribution in [3.05, 3.63) is 114 Å².